The van der Waals surface area contributed by atoms with Gasteiger partial charge in [0.2, 0.25) is 0 Å². The van der Waals surface area contributed by atoms with Gasteiger partial charge in [0.1, 0.15) is 0 Å². The first kappa shape index (κ1) is 20.1. The van der Waals surface area contributed by atoms with Gasteiger partial charge in [-0.25, -0.2) is 0 Å². The number of nitrogens with one attached hydrogen (secondary N) is 4. The maximum absolute atomic E-state index is 12.4. The third kappa shape index (κ3) is 3.48. The van der Waals surface area contributed by atoms with Crippen molar-refractivity contribution in [1.29, 1.82) is 0 Å². The number of para-hydroxylation sites is 1. The van der Waals surface area contributed by atoms with Crippen LogP contribution < -0.4 is 21.6 Å². The largest absolute Gasteiger partial charge is 0.377 e. The molecular formula is C24H27N7O. The van der Waals surface area contributed by atoms with E-state index in [4.69, 9.17) is 0 Å². The quantitative estimate of drug-likeness (QED) is 0.510. The van der Waals surface area contributed by atoms with Gasteiger partial charge in [-0.05, 0) is 42.7 Å². The van der Waals surface area contributed by atoms with E-state index in [1.54, 1.807) is 7.05 Å². The summed E-state index contributed by atoms with van der Waals surface area (Å²) in [6, 6.07) is 14.3. The summed E-state index contributed by atoms with van der Waals surface area (Å²) in [5.74, 6) is -0.101. The molecule has 0 fully saturated rings. The van der Waals surface area contributed by atoms with E-state index in [0.717, 1.165) is 41.2 Å². The highest BCUT2D eigenvalue weighted by Gasteiger charge is 2.31. The summed E-state index contributed by atoms with van der Waals surface area (Å²) in [6.07, 6.45) is 4.77. The zero-order valence-electron chi connectivity index (χ0n) is 18.4. The van der Waals surface area contributed by atoms with Crippen molar-refractivity contribution < 1.29 is 4.79 Å². The zero-order valence-corrected chi connectivity index (χ0v) is 18.4. The molecule has 0 radical (unpaired) electrons. The number of allylic oxidation sites excluding steroid dienone is 1. The van der Waals surface area contributed by atoms with Gasteiger partial charge in [0.05, 0.1) is 29.2 Å². The Morgan fingerprint density at radius 1 is 1.19 bits per heavy atom. The molecule has 2 aromatic carbocycles. The van der Waals surface area contributed by atoms with E-state index in [9.17, 15) is 4.79 Å². The number of hydrazine groups is 2. The van der Waals surface area contributed by atoms with Crippen LogP contribution in [0.15, 0.2) is 60.6 Å². The highest BCUT2D eigenvalue weighted by atomic mass is 16.1. The number of anilines is 1. The minimum absolute atomic E-state index is 0.0279. The fourth-order valence-electron chi connectivity index (χ4n) is 4.49. The molecule has 164 valence electrons. The first-order valence-electron chi connectivity index (χ1n) is 10.8. The Hall–Kier alpha value is -3.78. The predicted molar refractivity (Wildman–Crippen MR) is 125 cm³/mol. The minimum atomic E-state index is -0.101. The molecule has 4 N–H and O–H groups in total. The number of benzene rings is 2. The fraction of sp³-hybridized carbons (Fsp3) is 0.250. The maximum atomic E-state index is 12.4. The highest BCUT2D eigenvalue weighted by molar-refractivity contribution is 5.99. The van der Waals surface area contributed by atoms with Crippen molar-refractivity contribution in [2.75, 3.05) is 18.9 Å². The Kier molecular flexibility index (Phi) is 5.07. The summed E-state index contributed by atoms with van der Waals surface area (Å²) in [5, 5.41) is 12.9. The molecule has 2 aliphatic heterocycles. The third-order valence-corrected chi connectivity index (χ3v) is 6.09. The van der Waals surface area contributed by atoms with Gasteiger partial charge in [0.25, 0.3) is 5.91 Å². The van der Waals surface area contributed by atoms with E-state index in [1.165, 1.54) is 11.1 Å². The molecule has 5 rings (SSSR count). The van der Waals surface area contributed by atoms with Gasteiger partial charge < -0.3 is 16.1 Å². The van der Waals surface area contributed by atoms with E-state index >= 15 is 0 Å². The highest BCUT2D eigenvalue weighted by Crippen LogP contribution is 2.39. The second-order valence-electron chi connectivity index (χ2n) is 8.18. The van der Waals surface area contributed by atoms with Crippen LogP contribution in [-0.4, -0.2) is 34.3 Å². The van der Waals surface area contributed by atoms with Crippen molar-refractivity contribution in [3.8, 4) is 11.1 Å². The molecule has 2 aliphatic rings. The molecule has 0 aliphatic carbocycles. The van der Waals surface area contributed by atoms with Crippen molar-refractivity contribution >= 4 is 17.3 Å². The number of hydrogen-bond donors (Lipinski definition) is 4. The SMILES string of the molecule is CNC(=O)c1ccccc1NC1CCN2NNC(C)=C2c2ccc(-c3cnn(C)c3)cc21. The third-order valence-electron chi connectivity index (χ3n) is 6.09. The van der Waals surface area contributed by atoms with Crippen LogP contribution >= 0.6 is 0 Å². The molecule has 1 unspecified atom stereocenters. The molecule has 0 saturated carbocycles. The summed E-state index contributed by atoms with van der Waals surface area (Å²) in [4.78, 5) is 12.4. The van der Waals surface area contributed by atoms with E-state index < -0.39 is 0 Å². The van der Waals surface area contributed by atoms with Crippen molar-refractivity contribution in [3.63, 3.8) is 0 Å². The van der Waals surface area contributed by atoms with Crippen LogP contribution in [0.3, 0.4) is 0 Å². The monoisotopic (exact) mass is 429 g/mol. The van der Waals surface area contributed by atoms with Gasteiger partial charge in [0, 0.05) is 43.7 Å². The molecule has 1 atom stereocenters. The molecule has 0 spiro atoms. The van der Waals surface area contributed by atoms with E-state index in [2.05, 4.69) is 56.8 Å². The second kappa shape index (κ2) is 8.05. The van der Waals surface area contributed by atoms with Crippen molar-refractivity contribution in [1.82, 2.24) is 31.1 Å². The number of amides is 1. The van der Waals surface area contributed by atoms with Gasteiger partial charge in [0.15, 0.2) is 0 Å². The normalized spacial score (nSPS) is 17.3. The molecule has 32 heavy (non-hydrogen) atoms. The molecule has 3 heterocycles. The van der Waals surface area contributed by atoms with Crippen molar-refractivity contribution in [2.45, 2.75) is 19.4 Å². The summed E-state index contributed by atoms with van der Waals surface area (Å²) < 4.78 is 1.82. The van der Waals surface area contributed by atoms with Gasteiger partial charge in [-0.1, -0.05) is 24.3 Å². The van der Waals surface area contributed by atoms with Crippen molar-refractivity contribution in [3.05, 3.63) is 77.2 Å². The molecule has 1 amide bonds. The van der Waals surface area contributed by atoms with Crippen LogP contribution in [0.25, 0.3) is 16.8 Å². The average Bonchev–Trinajstić information content (AvgIpc) is 3.37. The summed E-state index contributed by atoms with van der Waals surface area (Å²) in [6.45, 7) is 2.90. The van der Waals surface area contributed by atoms with Gasteiger partial charge in [-0.3, -0.25) is 14.5 Å². The van der Waals surface area contributed by atoms with Crippen LogP contribution in [-0.2, 0) is 7.05 Å². The second-order valence-corrected chi connectivity index (χ2v) is 8.18. The average molecular weight is 430 g/mol. The lowest BCUT2D eigenvalue weighted by atomic mass is 9.93. The number of fused-ring (bicyclic) bond motifs is 3. The number of rotatable bonds is 4. The van der Waals surface area contributed by atoms with Crippen LogP contribution in [0, 0.1) is 0 Å². The Morgan fingerprint density at radius 2 is 2.03 bits per heavy atom. The number of hydrogen-bond acceptors (Lipinski definition) is 6. The summed E-state index contributed by atoms with van der Waals surface area (Å²) in [5.41, 5.74) is 14.8. The van der Waals surface area contributed by atoms with Gasteiger partial charge in [-0.2, -0.15) is 5.10 Å². The molecule has 3 aromatic rings. The molecule has 0 bridgehead atoms. The molecule has 8 nitrogen and oxygen atoms in total. The maximum Gasteiger partial charge on any atom is 0.253 e. The zero-order chi connectivity index (χ0) is 22.2. The Morgan fingerprint density at radius 3 is 2.81 bits per heavy atom. The van der Waals surface area contributed by atoms with Gasteiger partial charge >= 0.3 is 0 Å². The number of aryl methyl sites for hydroxylation is 1. The number of nitrogens with zero attached hydrogens (tertiary/aromatic N) is 3. The lowest BCUT2D eigenvalue weighted by Gasteiger charge is -2.23. The first-order valence-corrected chi connectivity index (χ1v) is 10.8. The van der Waals surface area contributed by atoms with Crippen LogP contribution in [0.5, 0.6) is 0 Å². The summed E-state index contributed by atoms with van der Waals surface area (Å²) in [7, 11) is 3.58. The Bertz CT molecular complexity index is 1210. The van der Waals surface area contributed by atoms with E-state index in [1.807, 2.05) is 48.4 Å². The van der Waals surface area contributed by atoms with Crippen LogP contribution in [0.2, 0.25) is 0 Å². The topological polar surface area (TPSA) is 86.2 Å². The molecular weight excluding hydrogens is 402 g/mol. The van der Waals surface area contributed by atoms with Gasteiger partial charge in [-0.15, -0.1) is 5.53 Å². The first-order chi connectivity index (χ1) is 15.5. The van der Waals surface area contributed by atoms with E-state index in [0.29, 0.717) is 5.56 Å². The Balaban J connectivity index is 1.61. The Labute approximate surface area is 187 Å². The smallest absolute Gasteiger partial charge is 0.253 e. The predicted octanol–water partition coefficient (Wildman–Crippen LogP) is 3.02. The molecule has 0 saturated heterocycles. The van der Waals surface area contributed by atoms with E-state index in [-0.39, 0.29) is 11.9 Å². The lowest BCUT2D eigenvalue weighted by molar-refractivity contribution is 0.0964. The minimum Gasteiger partial charge on any atom is -0.377 e. The fourth-order valence-corrected chi connectivity index (χ4v) is 4.49. The summed E-state index contributed by atoms with van der Waals surface area (Å²) >= 11 is 0. The molecule has 8 heteroatoms. The lowest BCUT2D eigenvalue weighted by Crippen LogP contribution is -2.38. The van der Waals surface area contributed by atoms with Crippen LogP contribution in [0.4, 0.5) is 5.69 Å². The standard InChI is InChI=1S/C24H27N7O/c1-15-23-18-9-8-16(17-13-26-30(3)14-17)12-20(18)22(10-11-31(23)29-28-15)27-21-7-5-4-6-19(21)24(32)25-2/h4-9,12-14,22,27-29H,10-11H2,1-3H3,(H,25,32). The molecule has 1 aromatic heterocycles. The number of carbonyl (C=O) groups excluding carboxylic acids is 1. The van der Waals surface area contributed by atoms with Crippen LogP contribution in [0.1, 0.15) is 40.9 Å². The number of carbonyl (C=O) groups is 1. The number of aromatic nitrogens is 2. The van der Waals surface area contributed by atoms with Crippen molar-refractivity contribution in [2.24, 2.45) is 7.05 Å².